The average Bonchev–Trinajstić information content (AvgIpc) is 3.50. The molecule has 2 N–H and O–H groups in total. The van der Waals surface area contributed by atoms with E-state index in [1.54, 1.807) is 12.4 Å². The minimum Gasteiger partial charge on any atom is -0.389 e. The van der Waals surface area contributed by atoms with Crippen LogP contribution in [0, 0.1) is 5.92 Å². The molecule has 1 amide bonds. The van der Waals surface area contributed by atoms with Gasteiger partial charge < -0.3 is 15.2 Å². The number of ether oxygens (including phenoxy) is 1. The number of likely N-dealkylation sites (tertiary alicyclic amines) is 1. The van der Waals surface area contributed by atoms with Gasteiger partial charge in [0.05, 0.1) is 30.8 Å². The van der Waals surface area contributed by atoms with Crippen LogP contribution in [-0.4, -0.2) is 63.8 Å². The fraction of sp³-hybridized carbons (Fsp3) is 0.483. The third-order valence-electron chi connectivity index (χ3n) is 8.94. The smallest absolute Gasteiger partial charge is 0.229 e. The van der Waals surface area contributed by atoms with Crippen molar-refractivity contribution in [1.29, 1.82) is 0 Å². The number of piperidine rings is 1. The minimum atomic E-state index is -0.452. The first-order valence-corrected chi connectivity index (χ1v) is 13.5. The van der Waals surface area contributed by atoms with Gasteiger partial charge in [0.2, 0.25) is 5.91 Å². The zero-order chi connectivity index (χ0) is 25.8. The van der Waals surface area contributed by atoms with Crippen molar-refractivity contribution in [3.8, 4) is 0 Å². The van der Waals surface area contributed by atoms with Gasteiger partial charge in [-0.2, -0.15) is 0 Å². The Morgan fingerprint density at radius 1 is 1.16 bits per heavy atom. The lowest BCUT2D eigenvalue weighted by molar-refractivity contribution is -0.117. The van der Waals surface area contributed by atoms with Crippen molar-refractivity contribution in [1.82, 2.24) is 14.9 Å². The van der Waals surface area contributed by atoms with E-state index in [1.807, 2.05) is 30.3 Å². The van der Waals surface area contributed by atoms with Crippen molar-refractivity contribution >= 4 is 34.1 Å². The van der Waals surface area contributed by atoms with E-state index in [0.29, 0.717) is 24.9 Å². The number of carbonyl (C=O) groups excluding carboxylic acids is 1. The Balaban J connectivity index is 1.16. The molecule has 4 unspecified atom stereocenters. The molecule has 2 aliphatic heterocycles. The molecule has 1 aromatic carbocycles. The number of aliphatic hydroxyl groups is 1. The molecule has 4 atom stereocenters. The minimum absolute atomic E-state index is 0.0202. The lowest BCUT2D eigenvalue weighted by Gasteiger charge is -2.43. The number of hydrogen-bond donors (Lipinski definition) is 2. The standard InChI is InChI=1S/C29H33ClN4O3/c1-28(24-5-3-4-8-31-24)14-22(28)27(36)33-26-13-19-11-21(23(30)12-20(19)15-32-26)18-6-9-34(10-7-18)29(2)17-37-16-25(29)35/h3-5,8,11-13,15,18,22,25,35H,6-7,9-10,14,16-17H2,1-2H3,(H,32,33,36). The summed E-state index contributed by atoms with van der Waals surface area (Å²) in [6.45, 7) is 6.95. The van der Waals surface area contributed by atoms with Crippen molar-refractivity contribution in [3.63, 3.8) is 0 Å². The number of aliphatic hydroxyl groups excluding tert-OH is 1. The summed E-state index contributed by atoms with van der Waals surface area (Å²) in [5, 5.41) is 16.2. The molecule has 3 fully saturated rings. The number of benzene rings is 1. The highest BCUT2D eigenvalue weighted by Gasteiger charge is 2.56. The lowest BCUT2D eigenvalue weighted by Crippen LogP contribution is -2.56. The average molecular weight is 521 g/mol. The van der Waals surface area contributed by atoms with Crippen LogP contribution >= 0.6 is 11.6 Å². The summed E-state index contributed by atoms with van der Waals surface area (Å²) in [5.74, 6) is 0.761. The van der Waals surface area contributed by atoms with E-state index in [1.165, 1.54) is 0 Å². The van der Waals surface area contributed by atoms with Crippen molar-refractivity contribution in [2.45, 2.75) is 56.1 Å². The molecule has 3 aromatic rings. The third kappa shape index (κ3) is 4.42. The first-order valence-electron chi connectivity index (χ1n) is 13.1. The summed E-state index contributed by atoms with van der Waals surface area (Å²) in [6, 6.07) is 11.9. The number of halogens is 1. The van der Waals surface area contributed by atoms with Crippen LogP contribution in [0.15, 0.2) is 48.8 Å². The molecule has 0 radical (unpaired) electrons. The quantitative estimate of drug-likeness (QED) is 0.514. The van der Waals surface area contributed by atoms with Crippen LogP contribution in [0.5, 0.6) is 0 Å². The Morgan fingerprint density at radius 2 is 1.97 bits per heavy atom. The van der Waals surface area contributed by atoms with E-state index in [2.05, 4.69) is 40.1 Å². The fourth-order valence-electron chi connectivity index (χ4n) is 6.17. The zero-order valence-electron chi connectivity index (χ0n) is 21.3. The van der Waals surface area contributed by atoms with Crippen LogP contribution in [0.2, 0.25) is 5.02 Å². The number of anilines is 1. The molecule has 3 aliphatic rings. The van der Waals surface area contributed by atoms with E-state index in [-0.39, 0.29) is 22.8 Å². The van der Waals surface area contributed by atoms with Gasteiger partial charge in [0, 0.05) is 33.9 Å². The summed E-state index contributed by atoms with van der Waals surface area (Å²) < 4.78 is 5.54. The van der Waals surface area contributed by atoms with Gasteiger partial charge in [0.15, 0.2) is 0 Å². The van der Waals surface area contributed by atoms with E-state index in [0.717, 1.165) is 59.4 Å². The molecule has 194 valence electrons. The first kappa shape index (κ1) is 24.7. The maximum atomic E-state index is 13.0. The van der Waals surface area contributed by atoms with E-state index < -0.39 is 6.10 Å². The Morgan fingerprint density at radius 3 is 2.68 bits per heavy atom. The molecule has 0 spiro atoms. The lowest BCUT2D eigenvalue weighted by atomic mass is 9.85. The number of hydrogen-bond acceptors (Lipinski definition) is 6. The third-order valence-corrected chi connectivity index (χ3v) is 9.26. The van der Waals surface area contributed by atoms with E-state index in [9.17, 15) is 9.90 Å². The maximum absolute atomic E-state index is 13.0. The number of aromatic nitrogens is 2. The van der Waals surface area contributed by atoms with Crippen molar-refractivity contribution < 1.29 is 14.6 Å². The summed E-state index contributed by atoms with van der Waals surface area (Å²) in [5.41, 5.74) is 1.55. The maximum Gasteiger partial charge on any atom is 0.229 e. The van der Waals surface area contributed by atoms with Gasteiger partial charge in [0.25, 0.3) is 0 Å². The second-order valence-corrected chi connectivity index (χ2v) is 11.7. The number of amides is 1. The molecule has 4 heterocycles. The predicted octanol–water partition coefficient (Wildman–Crippen LogP) is 4.53. The number of nitrogens with zero attached hydrogens (tertiary/aromatic N) is 3. The molecule has 1 saturated carbocycles. The van der Waals surface area contributed by atoms with Crippen molar-refractivity contribution in [2.75, 3.05) is 31.6 Å². The van der Waals surface area contributed by atoms with Crippen LogP contribution in [0.4, 0.5) is 5.82 Å². The van der Waals surface area contributed by atoms with Crippen LogP contribution in [-0.2, 0) is 14.9 Å². The first-order chi connectivity index (χ1) is 17.8. The van der Waals surface area contributed by atoms with Crippen molar-refractivity contribution in [3.05, 3.63) is 65.1 Å². The summed E-state index contributed by atoms with van der Waals surface area (Å²) in [6.07, 6.45) is 5.82. The van der Waals surface area contributed by atoms with Gasteiger partial charge in [-0.15, -0.1) is 0 Å². The highest BCUT2D eigenvalue weighted by molar-refractivity contribution is 6.32. The van der Waals surface area contributed by atoms with E-state index in [4.69, 9.17) is 16.3 Å². The Bertz CT molecular complexity index is 1330. The van der Waals surface area contributed by atoms with Gasteiger partial charge in [-0.05, 0) is 86.5 Å². The molecule has 6 rings (SSSR count). The van der Waals surface area contributed by atoms with Crippen molar-refractivity contribution in [2.24, 2.45) is 5.92 Å². The number of rotatable bonds is 5. The van der Waals surface area contributed by atoms with Crippen LogP contribution < -0.4 is 5.32 Å². The second-order valence-electron chi connectivity index (χ2n) is 11.3. The highest BCUT2D eigenvalue weighted by atomic mass is 35.5. The highest BCUT2D eigenvalue weighted by Crippen LogP contribution is 2.53. The number of pyridine rings is 2. The van der Waals surface area contributed by atoms with Gasteiger partial charge >= 0.3 is 0 Å². The Hall–Kier alpha value is -2.58. The van der Waals surface area contributed by atoms with Crippen LogP contribution in [0.3, 0.4) is 0 Å². The molecule has 2 aromatic heterocycles. The summed E-state index contributed by atoms with van der Waals surface area (Å²) >= 11 is 6.74. The molecule has 1 aliphatic carbocycles. The monoisotopic (exact) mass is 520 g/mol. The zero-order valence-corrected chi connectivity index (χ0v) is 22.0. The van der Waals surface area contributed by atoms with Crippen LogP contribution in [0.1, 0.15) is 50.3 Å². The molecular weight excluding hydrogens is 488 g/mol. The second kappa shape index (κ2) is 9.31. The molecule has 2 saturated heterocycles. The number of carbonyl (C=O) groups is 1. The SMILES string of the molecule is CC1(c2ccccn2)CC1C(=O)Nc1cc2cc(C3CCN(C4(C)COCC4O)CC3)c(Cl)cc2cn1. The summed E-state index contributed by atoms with van der Waals surface area (Å²) in [7, 11) is 0. The Labute approximate surface area is 222 Å². The van der Waals surface area contributed by atoms with E-state index >= 15 is 0 Å². The van der Waals surface area contributed by atoms with Crippen LogP contribution in [0.25, 0.3) is 10.8 Å². The molecule has 8 heteroatoms. The predicted molar refractivity (Wildman–Crippen MR) is 144 cm³/mol. The summed E-state index contributed by atoms with van der Waals surface area (Å²) in [4.78, 5) is 24.3. The topological polar surface area (TPSA) is 87.6 Å². The molecule has 7 nitrogen and oxygen atoms in total. The fourth-order valence-corrected chi connectivity index (χ4v) is 6.49. The Kier molecular flexibility index (Phi) is 6.23. The van der Waals surface area contributed by atoms with Gasteiger partial charge in [-0.3, -0.25) is 14.7 Å². The normalized spacial score (nSPS) is 30.5. The van der Waals surface area contributed by atoms with Gasteiger partial charge in [-0.25, -0.2) is 4.98 Å². The molecule has 0 bridgehead atoms. The molecular formula is C29H33ClN4O3. The molecule has 37 heavy (non-hydrogen) atoms. The number of fused-ring (bicyclic) bond motifs is 1. The largest absolute Gasteiger partial charge is 0.389 e. The van der Waals surface area contributed by atoms with Gasteiger partial charge in [-0.1, -0.05) is 24.6 Å². The number of nitrogens with one attached hydrogen (secondary N) is 1. The van der Waals surface area contributed by atoms with Gasteiger partial charge in [0.1, 0.15) is 5.82 Å².